The summed E-state index contributed by atoms with van der Waals surface area (Å²) in [6, 6.07) is 0.208. The van der Waals surface area contributed by atoms with Crippen LogP contribution in [0.4, 0.5) is 0 Å². The van der Waals surface area contributed by atoms with E-state index in [0.717, 1.165) is 6.42 Å². The topological polar surface area (TPSA) is 55.4 Å². The first-order chi connectivity index (χ1) is 6.56. The summed E-state index contributed by atoms with van der Waals surface area (Å²) in [6.45, 7) is 1.97. The summed E-state index contributed by atoms with van der Waals surface area (Å²) < 4.78 is 15.2. The Morgan fingerprint density at radius 3 is 2.79 bits per heavy atom. The summed E-state index contributed by atoms with van der Waals surface area (Å²) in [5.41, 5.74) is 0. The lowest BCUT2D eigenvalue weighted by Crippen LogP contribution is -2.22. The quantitative estimate of drug-likeness (QED) is 0.519. The molecule has 2 unspecified atom stereocenters. The molecule has 0 aromatic carbocycles. The van der Waals surface area contributed by atoms with Crippen molar-refractivity contribution in [1.29, 1.82) is 0 Å². The first-order valence-electron chi connectivity index (χ1n) is 4.37. The molecule has 1 N–H and O–H groups in total. The van der Waals surface area contributed by atoms with E-state index in [9.17, 15) is 9.00 Å². The number of carbonyl (C=O) groups is 1. The Labute approximate surface area is 87.2 Å². The molecule has 0 aliphatic heterocycles. The van der Waals surface area contributed by atoms with Crippen LogP contribution in [-0.4, -0.2) is 35.3 Å². The molecule has 0 amide bonds. The van der Waals surface area contributed by atoms with E-state index < -0.39 is 10.8 Å². The van der Waals surface area contributed by atoms with Crippen LogP contribution in [-0.2, 0) is 20.3 Å². The average molecular weight is 219 g/mol. The summed E-state index contributed by atoms with van der Waals surface area (Å²) in [5, 5.41) is 2.99. The zero-order chi connectivity index (χ0) is 11.0. The van der Waals surface area contributed by atoms with Crippen molar-refractivity contribution < 1.29 is 13.7 Å². The number of esters is 1. The minimum absolute atomic E-state index is 0.208. The van der Waals surface area contributed by atoms with E-state index in [0.29, 0.717) is 5.75 Å². The molecular weight excluding hydrogens is 202 g/mol. The van der Waals surface area contributed by atoms with Crippen LogP contribution < -0.4 is 5.32 Å². The molecule has 0 bridgehead atoms. The van der Waals surface area contributed by atoms with E-state index >= 15 is 0 Å². The molecule has 0 saturated carbocycles. The first kappa shape index (κ1) is 13.2. The fraction of sp³-hybridized carbons (Fsp3) is 0.667. The van der Waals surface area contributed by atoms with E-state index in [1.54, 1.807) is 12.5 Å². The second kappa shape index (κ2) is 7.55. The molecule has 0 aliphatic carbocycles. The Morgan fingerprint density at radius 2 is 2.29 bits per heavy atom. The lowest BCUT2D eigenvalue weighted by molar-refractivity contribution is -0.134. The molecule has 0 fully saturated rings. The van der Waals surface area contributed by atoms with Crippen molar-refractivity contribution in [3.05, 3.63) is 12.3 Å². The van der Waals surface area contributed by atoms with E-state index in [1.807, 2.05) is 6.92 Å². The maximum Gasteiger partial charge on any atom is 0.331 e. The van der Waals surface area contributed by atoms with Gasteiger partial charge in [-0.2, -0.15) is 0 Å². The van der Waals surface area contributed by atoms with Crippen LogP contribution in [0, 0.1) is 0 Å². The second-order valence-electron chi connectivity index (χ2n) is 2.99. The van der Waals surface area contributed by atoms with Crippen molar-refractivity contribution in [1.82, 2.24) is 5.32 Å². The van der Waals surface area contributed by atoms with Gasteiger partial charge in [0.2, 0.25) is 0 Å². The molecule has 0 aliphatic rings. The number of hydrogen-bond acceptors (Lipinski definition) is 4. The molecular formula is C9H17NO3S. The van der Waals surface area contributed by atoms with Gasteiger partial charge in [0, 0.05) is 41.1 Å². The highest BCUT2D eigenvalue weighted by Crippen LogP contribution is 1.92. The van der Waals surface area contributed by atoms with Crippen LogP contribution in [0.2, 0.25) is 0 Å². The highest BCUT2D eigenvalue weighted by atomic mass is 32.2. The van der Waals surface area contributed by atoms with Crippen LogP contribution in [0.15, 0.2) is 12.3 Å². The molecule has 0 spiro atoms. The molecule has 0 rings (SSSR count). The first-order valence-corrected chi connectivity index (χ1v) is 6.09. The number of ether oxygens (including phenoxy) is 1. The normalized spacial score (nSPS) is 15.1. The molecule has 82 valence electrons. The third-order valence-electron chi connectivity index (χ3n) is 1.64. The molecule has 5 heteroatoms. The van der Waals surface area contributed by atoms with Crippen molar-refractivity contribution in [2.45, 2.75) is 19.4 Å². The Balaban J connectivity index is 3.62. The highest BCUT2D eigenvalue weighted by Gasteiger charge is 2.00. The third-order valence-corrected chi connectivity index (χ3v) is 2.45. The van der Waals surface area contributed by atoms with Gasteiger partial charge in [-0.15, -0.1) is 0 Å². The molecule has 2 atom stereocenters. The van der Waals surface area contributed by atoms with E-state index in [4.69, 9.17) is 0 Å². The minimum Gasteiger partial charge on any atom is -0.466 e. The smallest absolute Gasteiger partial charge is 0.331 e. The van der Waals surface area contributed by atoms with E-state index in [1.165, 1.54) is 13.2 Å². The maximum absolute atomic E-state index is 10.8. The van der Waals surface area contributed by atoms with Gasteiger partial charge in [0.25, 0.3) is 0 Å². The predicted molar refractivity (Wildman–Crippen MR) is 57.3 cm³/mol. The van der Waals surface area contributed by atoms with Gasteiger partial charge >= 0.3 is 5.97 Å². The van der Waals surface area contributed by atoms with Crippen molar-refractivity contribution in [3.63, 3.8) is 0 Å². The van der Waals surface area contributed by atoms with Gasteiger partial charge in [-0.25, -0.2) is 4.79 Å². The summed E-state index contributed by atoms with van der Waals surface area (Å²) >= 11 is 0. The Hall–Kier alpha value is -0.840. The molecule has 14 heavy (non-hydrogen) atoms. The number of hydrogen-bond donors (Lipinski definition) is 1. The fourth-order valence-electron chi connectivity index (χ4n) is 0.775. The second-order valence-corrected chi connectivity index (χ2v) is 4.54. The van der Waals surface area contributed by atoms with Gasteiger partial charge < -0.3 is 10.1 Å². The van der Waals surface area contributed by atoms with Crippen molar-refractivity contribution in [3.8, 4) is 0 Å². The van der Waals surface area contributed by atoms with E-state index in [2.05, 4.69) is 10.1 Å². The van der Waals surface area contributed by atoms with Gasteiger partial charge in [-0.3, -0.25) is 4.21 Å². The van der Waals surface area contributed by atoms with Crippen LogP contribution in [0.1, 0.15) is 13.3 Å². The number of nitrogens with one attached hydrogen (secondary N) is 1. The predicted octanol–water partition coefficient (Wildman–Crippen LogP) is 0.420. The largest absolute Gasteiger partial charge is 0.466 e. The number of carbonyl (C=O) groups excluding carboxylic acids is 1. The Morgan fingerprint density at radius 1 is 1.64 bits per heavy atom. The Bertz CT molecular complexity index is 228. The van der Waals surface area contributed by atoms with Crippen LogP contribution in [0.5, 0.6) is 0 Å². The SMILES string of the molecule is COC(=O)/C=C/NC(C)CCS(C)=O. The monoisotopic (exact) mass is 219 g/mol. The van der Waals surface area contributed by atoms with Crippen LogP contribution in [0.3, 0.4) is 0 Å². The van der Waals surface area contributed by atoms with Gasteiger partial charge in [0.1, 0.15) is 0 Å². The molecule has 0 saturated heterocycles. The van der Waals surface area contributed by atoms with Crippen molar-refractivity contribution in [2.24, 2.45) is 0 Å². The fourth-order valence-corrected chi connectivity index (χ4v) is 1.46. The van der Waals surface area contributed by atoms with Crippen molar-refractivity contribution in [2.75, 3.05) is 19.1 Å². The van der Waals surface area contributed by atoms with Gasteiger partial charge in [-0.1, -0.05) is 0 Å². The van der Waals surface area contributed by atoms with Gasteiger partial charge in [0.05, 0.1) is 7.11 Å². The van der Waals surface area contributed by atoms with Gasteiger partial charge in [0.15, 0.2) is 0 Å². The van der Waals surface area contributed by atoms with Crippen LogP contribution >= 0.6 is 0 Å². The van der Waals surface area contributed by atoms with Crippen LogP contribution in [0.25, 0.3) is 0 Å². The average Bonchev–Trinajstić information content (AvgIpc) is 2.14. The maximum atomic E-state index is 10.8. The lowest BCUT2D eigenvalue weighted by atomic mass is 10.3. The summed E-state index contributed by atoms with van der Waals surface area (Å²) in [7, 11) is 0.572. The summed E-state index contributed by atoms with van der Waals surface area (Å²) in [5.74, 6) is 0.281. The molecule has 0 aromatic rings. The lowest BCUT2D eigenvalue weighted by Gasteiger charge is -2.09. The van der Waals surface area contributed by atoms with E-state index in [-0.39, 0.29) is 12.0 Å². The minimum atomic E-state index is -0.758. The molecule has 0 heterocycles. The summed E-state index contributed by atoms with van der Waals surface area (Å²) in [6.07, 6.45) is 5.36. The zero-order valence-electron chi connectivity index (χ0n) is 8.78. The highest BCUT2D eigenvalue weighted by molar-refractivity contribution is 7.84. The summed E-state index contributed by atoms with van der Waals surface area (Å²) in [4.78, 5) is 10.7. The van der Waals surface area contributed by atoms with Gasteiger partial charge in [-0.05, 0) is 13.3 Å². The number of rotatable bonds is 6. The Kier molecular flexibility index (Phi) is 7.10. The van der Waals surface area contributed by atoms with Crippen molar-refractivity contribution >= 4 is 16.8 Å². The molecule has 0 radical (unpaired) electrons. The standard InChI is InChI=1S/C9H17NO3S/c1-8(5-7-14(3)12)10-6-4-9(11)13-2/h4,6,8,10H,5,7H2,1-3H3/b6-4+. The molecule has 4 nitrogen and oxygen atoms in total. The number of methoxy groups -OCH3 is 1. The third kappa shape index (κ3) is 7.79. The molecule has 0 aromatic heterocycles. The zero-order valence-corrected chi connectivity index (χ0v) is 9.60.